The van der Waals surface area contributed by atoms with Crippen LogP contribution >= 0.6 is 0 Å². The Hall–Kier alpha value is 15.0. The average molecular weight is 2090 g/mol. The fourth-order valence-electron chi connectivity index (χ4n) is 3.63. The van der Waals surface area contributed by atoms with Gasteiger partial charge in [0.1, 0.15) is 23.1 Å². The molecular weight excluding hydrogens is 2020 g/mol. The molecule has 30 heteroatoms. The van der Waals surface area contributed by atoms with Crippen molar-refractivity contribution in [3.05, 3.63) is 0 Å². The number of carboxylic acids is 2. The van der Waals surface area contributed by atoms with Crippen molar-refractivity contribution < 1.29 is 573 Å². The van der Waals surface area contributed by atoms with Crippen molar-refractivity contribution in [3.63, 3.8) is 0 Å². The van der Waals surface area contributed by atoms with Gasteiger partial charge in [-0.15, -0.1) is 0 Å². The van der Waals surface area contributed by atoms with Crippen molar-refractivity contribution in [2.75, 3.05) is 6.61 Å². The summed E-state index contributed by atoms with van der Waals surface area (Å²) in [5, 5.41) is 46.5. The second kappa shape index (κ2) is 92.5. The minimum absolute atomic E-state index is 0. The molecule has 0 heterocycles. The summed E-state index contributed by atoms with van der Waals surface area (Å²) in [6, 6.07) is -0.908. The molecule has 0 amide bonds. The molecule has 0 aliphatic heterocycles. The monoisotopic (exact) mass is 2090 g/mol. The zero-order valence-electron chi connectivity index (χ0n) is 39.5. The summed E-state index contributed by atoms with van der Waals surface area (Å²) in [6.07, 6.45) is -0.366. The molecule has 0 unspecified atom stereocenters. The summed E-state index contributed by atoms with van der Waals surface area (Å²) in [5.74, 6) is -1.99. The van der Waals surface area contributed by atoms with Crippen molar-refractivity contribution >= 4 is 35.1 Å². The first-order valence-corrected chi connectivity index (χ1v) is 15.7. The van der Waals surface area contributed by atoms with Crippen LogP contribution in [0.2, 0.25) is 0 Å². The maximum Gasteiger partial charge on any atom is 0.305 e. The van der Waals surface area contributed by atoms with E-state index in [4.69, 9.17) is 20.4 Å². The first-order chi connectivity index (χ1) is 20.9. The Morgan fingerprint density at radius 2 is 0.661 bits per heavy atom. The van der Waals surface area contributed by atoms with Gasteiger partial charge in [-0.25, -0.2) is 0 Å². The molecule has 0 rings (SSSR count). The molecule has 0 spiro atoms. The Kier molecular flexibility index (Phi) is 204. The van der Waals surface area contributed by atoms with E-state index in [0.717, 1.165) is 0 Å². The number of aliphatic carboxylic acids is 2. The molecule has 0 aromatic heterocycles. The van der Waals surface area contributed by atoms with Crippen LogP contribution in [0.3, 0.4) is 0 Å². The van der Waals surface area contributed by atoms with Crippen LogP contribution in [0.15, 0.2) is 0 Å². The number of carbonyl (C=O) groups excluding carboxylic acids is 4. The first kappa shape index (κ1) is 137. The zero-order chi connectivity index (χ0) is 37.3. The number of carboxylic acid groups (broad SMARTS) is 2. The third-order valence-corrected chi connectivity index (χ3v) is 5.72. The van der Waals surface area contributed by atoms with E-state index in [1.807, 2.05) is 55.4 Å². The summed E-state index contributed by atoms with van der Waals surface area (Å²) < 4.78 is 0. The normalized spacial score (nSPS) is 10.4. The minimum atomic E-state index is -0.955. The van der Waals surface area contributed by atoms with Crippen molar-refractivity contribution in [2.24, 2.45) is 0 Å². The number of Topliss-reactive ketones (excluding diaryl/α,β-unsaturated/α-hetero) is 4. The van der Waals surface area contributed by atoms with E-state index in [0.29, 0.717) is 6.42 Å². The smallest absolute Gasteiger partial charge is 0.305 e. The fourth-order valence-corrected chi connectivity index (χ4v) is 3.63. The number of rotatable bonds is 19. The number of carbonyl (C=O) groups is 6. The molecular formula is C32H64N4O10Y16. The fraction of sp³-hybridized carbons (Fsp3) is 0.812. The van der Waals surface area contributed by atoms with E-state index < -0.39 is 30.1 Å². The zero-order valence-corrected chi connectivity index (χ0v) is 84.9. The van der Waals surface area contributed by atoms with Crippen LogP contribution in [0.5, 0.6) is 0 Å². The molecule has 62 heavy (non-hydrogen) atoms. The van der Waals surface area contributed by atoms with Gasteiger partial charge in [0, 0.05) is 554 Å². The van der Waals surface area contributed by atoms with Gasteiger partial charge in [0.05, 0.1) is 43.3 Å². The molecule has 8 N–H and O–H groups in total. The molecule has 16 radical (unpaired) electrons. The van der Waals surface area contributed by atoms with Gasteiger partial charge in [-0.05, 0) is 41.0 Å². The molecule has 0 aromatic carbocycles. The number of aliphatic hydroxyl groups is 2. The number of ketones is 4. The van der Waals surface area contributed by atoms with Gasteiger partial charge >= 0.3 is 11.9 Å². The maximum atomic E-state index is 11.0. The minimum Gasteiger partial charge on any atom is -0.481 e. The summed E-state index contributed by atoms with van der Waals surface area (Å²) in [7, 11) is 0. The molecule has 0 bridgehead atoms. The first-order valence-electron chi connectivity index (χ1n) is 15.7. The molecule has 14 nitrogen and oxygen atoms in total. The molecule has 0 aliphatic carbocycles. The molecule has 5 atom stereocenters. The molecule has 320 valence electrons. The van der Waals surface area contributed by atoms with Gasteiger partial charge in [-0.3, -0.25) is 28.8 Å². The summed E-state index contributed by atoms with van der Waals surface area (Å²) >= 11 is 0. The molecule has 0 fully saturated rings. The Morgan fingerprint density at radius 1 is 0.403 bits per heavy atom. The van der Waals surface area contributed by atoms with Crippen molar-refractivity contribution in [1.29, 1.82) is 0 Å². The Balaban J connectivity index is -0.0000000195. The number of hydrogen-bond donors (Lipinski definition) is 8. The van der Waals surface area contributed by atoms with Crippen LogP contribution in [0.4, 0.5) is 0 Å². The standard InChI is InChI=1S/C9H17NO3.C8H15NO3.C8H17NO2.C7H15NO2.16Y/c1-6(2)10-8(7(3)11)4-5-9(12)13;1-5(2)9-7(6(3)10)4-8(11)12;1-5(2)9-8(6(3)10)7(4)11;1-5(2)8-7(4-9)6(3)10;;;;;;;;;;;;;;;;/h6,8,10H,4-5H2,1-3H3,(H,12,13);5,7,9H,4H2,1-3H3,(H,11,12);5-6,8-10H,1-4H3;5,7-9H,4H2,1-3H3;;;;;;;;;;;;;;;;/t8-;7-;6-,8+;7-;;;;;;;;;;;;;;;;/m0010................/s1. The van der Waals surface area contributed by atoms with Crippen LogP contribution < -0.4 is 21.3 Å². The van der Waals surface area contributed by atoms with Gasteiger partial charge < -0.3 is 41.7 Å². The van der Waals surface area contributed by atoms with Gasteiger partial charge in [0.15, 0.2) is 0 Å². The SMILES string of the molecule is CC(=O)[C@@H](NC(C)C)[C@@H](C)O.CC(=O)[C@H](CC(=O)O)NC(C)C.CC(=O)[C@H](CCC(=O)O)NC(C)C.CC(=O)[C@H](CO)NC(C)C.[Y].[Y].[Y].[Y].[Y].[Y].[Y].[Y].[Y].[Y].[Y].[Y].[Y].[Y].[Y].[Y]. The van der Waals surface area contributed by atoms with Gasteiger partial charge in [0.25, 0.3) is 0 Å². The van der Waals surface area contributed by atoms with Crippen molar-refractivity contribution in [2.45, 2.75) is 164 Å². The van der Waals surface area contributed by atoms with Crippen LogP contribution in [0, 0.1) is 0 Å². The molecule has 0 saturated heterocycles. The predicted molar refractivity (Wildman–Crippen MR) is 179 cm³/mol. The number of aliphatic hydroxyl groups excluding tert-OH is 2. The summed E-state index contributed by atoms with van der Waals surface area (Å²) in [6.45, 7) is 22.7. The van der Waals surface area contributed by atoms with E-state index in [1.54, 1.807) is 6.92 Å². The summed E-state index contributed by atoms with van der Waals surface area (Å²) in [4.78, 5) is 64.1. The number of hydrogen-bond acceptors (Lipinski definition) is 12. The van der Waals surface area contributed by atoms with Crippen LogP contribution in [0.1, 0.15) is 109 Å². The largest absolute Gasteiger partial charge is 0.481 e. The van der Waals surface area contributed by atoms with Crippen LogP contribution in [-0.4, -0.2) is 117 Å². The molecule has 0 saturated carbocycles. The summed E-state index contributed by atoms with van der Waals surface area (Å²) in [5.41, 5.74) is 0. The predicted octanol–water partition coefficient (Wildman–Crippen LogP) is 1.44. The van der Waals surface area contributed by atoms with Gasteiger partial charge in [-0.1, -0.05) is 55.4 Å². The van der Waals surface area contributed by atoms with Gasteiger partial charge in [0.2, 0.25) is 0 Å². The second-order valence-electron chi connectivity index (χ2n) is 12.3. The topological polar surface area (TPSA) is 231 Å². The van der Waals surface area contributed by atoms with E-state index in [-0.39, 0.29) is 602 Å². The van der Waals surface area contributed by atoms with Crippen molar-refractivity contribution in [1.82, 2.24) is 21.3 Å². The Labute approximate surface area is 778 Å². The van der Waals surface area contributed by atoms with E-state index in [2.05, 4.69) is 21.3 Å². The maximum absolute atomic E-state index is 11.0. The van der Waals surface area contributed by atoms with E-state index in [9.17, 15) is 28.8 Å². The number of nitrogens with one attached hydrogen (secondary N) is 4. The molecule has 0 aromatic rings. The van der Waals surface area contributed by atoms with Gasteiger partial charge in [-0.2, -0.15) is 0 Å². The van der Waals surface area contributed by atoms with Crippen LogP contribution in [0.25, 0.3) is 0 Å². The average Bonchev–Trinajstić information content (AvgIpc) is 2.87. The Morgan fingerprint density at radius 3 is 0.806 bits per heavy atom. The van der Waals surface area contributed by atoms with Crippen LogP contribution in [-0.2, 0) is 552 Å². The Bertz CT molecular complexity index is 943. The quantitative estimate of drug-likeness (QED) is 0.0916. The third-order valence-electron chi connectivity index (χ3n) is 5.72. The second-order valence-corrected chi connectivity index (χ2v) is 12.3. The van der Waals surface area contributed by atoms with E-state index in [1.165, 1.54) is 27.7 Å². The van der Waals surface area contributed by atoms with Crippen molar-refractivity contribution in [3.8, 4) is 0 Å². The van der Waals surface area contributed by atoms with E-state index >= 15 is 0 Å². The third kappa shape index (κ3) is 107. The molecule has 0 aliphatic rings.